The molecule has 0 aromatic heterocycles. The SMILES string of the molecule is COC1(C)CC(O[C@H]2[C@H](C)[C@@H](OC3OC(C)CC(N(C)C)C3O)[C@@](C)(O)C[C@@H](C)/C(=N/O)[C@H](C)[C@@H](O)[C@](C)(O)[C@@H](C)OC(=O)[C@@H]2C)OC(C)C1C. The Morgan fingerprint density at radius 3 is 2.06 bits per heavy atom. The van der Waals surface area contributed by atoms with Crippen molar-refractivity contribution < 1.29 is 58.8 Å². The Balaban J connectivity index is 2.19. The summed E-state index contributed by atoms with van der Waals surface area (Å²) in [5, 5.41) is 60.6. The molecule has 18 atom stereocenters. The lowest BCUT2D eigenvalue weighted by Gasteiger charge is -2.49. The molecule has 0 spiro atoms. The summed E-state index contributed by atoms with van der Waals surface area (Å²) in [6, 6.07) is -0.298. The molecule has 0 aromatic rings. The van der Waals surface area contributed by atoms with Gasteiger partial charge in [0.2, 0.25) is 0 Å². The van der Waals surface area contributed by atoms with Crippen molar-refractivity contribution >= 4 is 11.7 Å². The van der Waals surface area contributed by atoms with Crippen molar-refractivity contribution in [3.8, 4) is 0 Å². The molecule has 51 heavy (non-hydrogen) atoms. The molecule has 3 aliphatic heterocycles. The van der Waals surface area contributed by atoms with E-state index in [0.717, 1.165) is 0 Å². The Morgan fingerprint density at radius 1 is 0.902 bits per heavy atom. The maximum absolute atomic E-state index is 14.0. The minimum absolute atomic E-state index is 0.0281. The average Bonchev–Trinajstić information content (AvgIpc) is 3.04. The molecule has 14 heteroatoms. The Morgan fingerprint density at radius 2 is 1.51 bits per heavy atom. The lowest BCUT2D eigenvalue weighted by atomic mass is 9.74. The van der Waals surface area contributed by atoms with Gasteiger partial charge < -0.3 is 59.0 Å². The van der Waals surface area contributed by atoms with E-state index in [1.807, 2.05) is 46.7 Å². The number of ether oxygens (including phenoxy) is 6. The quantitative estimate of drug-likeness (QED) is 0.153. The van der Waals surface area contributed by atoms with E-state index in [1.54, 1.807) is 41.7 Å². The van der Waals surface area contributed by atoms with Gasteiger partial charge in [0.1, 0.15) is 17.8 Å². The maximum atomic E-state index is 14.0. The van der Waals surface area contributed by atoms with Crippen molar-refractivity contribution in [2.45, 2.75) is 174 Å². The lowest BCUT2D eigenvalue weighted by Crippen LogP contribution is -2.60. The van der Waals surface area contributed by atoms with Gasteiger partial charge in [0.25, 0.3) is 0 Å². The number of aliphatic hydroxyl groups is 4. The van der Waals surface area contributed by atoms with E-state index in [2.05, 4.69) is 5.16 Å². The summed E-state index contributed by atoms with van der Waals surface area (Å²) < 4.78 is 37.7. The van der Waals surface area contributed by atoms with Crippen molar-refractivity contribution in [3.05, 3.63) is 0 Å². The Labute approximate surface area is 304 Å². The molecule has 14 nitrogen and oxygen atoms in total. The first kappa shape index (κ1) is 43.9. The van der Waals surface area contributed by atoms with Crippen molar-refractivity contribution in [2.24, 2.45) is 34.7 Å². The zero-order valence-corrected chi connectivity index (χ0v) is 33.3. The summed E-state index contributed by atoms with van der Waals surface area (Å²) in [7, 11) is 5.37. The van der Waals surface area contributed by atoms with Crippen LogP contribution in [0.2, 0.25) is 0 Å². The van der Waals surface area contributed by atoms with E-state index in [1.165, 1.54) is 13.8 Å². The largest absolute Gasteiger partial charge is 0.459 e. The van der Waals surface area contributed by atoms with E-state index in [4.69, 9.17) is 28.4 Å². The third-order valence-corrected chi connectivity index (χ3v) is 12.4. The standard InChI is InChI=1S/C37H68N2O12/c1-18-16-35(9,43)32(51-34-29(40)26(39(12)13)15-19(2)47-34)21(4)30(50-27-17-36(10,46-14)23(6)24(7)48-27)22(5)33(42)49-25(8)37(11,44)31(41)20(3)28(18)38-45/h18-27,29-32,34,40-41,43-45H,15-17H2,1-14H3/b38-28-/t18-,19?,20+,21+,22-,23?,24?,25-,26?,27?,29?,30+,31-,32-,34?,35+,36?,37-/m1/s1. The van der Waals surface area contributed by atoms with Crippen molar-refractivity contribution in [2.75, 3.05) is 21.2 Å². The summed E-state index contributed by atoms with van der Waals surface area (Å²) in [5.41, 5.74) is -4.15. The van der Waals surface area contributed by atoms with Gasteiger partial charge in [0.15, 0.2) is 12.6 Å². The van der Waals surface area contributed by atoms with Crippen LogP contribution < -0.4 is 0 Å². The second-order valence-electron chi connectivity index (χ2n) is 16.7. The molecule has 3 heterocycles. The molecule has 0 amide bonds. The third-order valence-electron chi connectivity index (χ3n) is 12.4. The van der Waals surface area contributed by atoms with E-state index in [0.29, 0.717) is 12.8 Å². The summed E-state index contributed by atoms with van der Waals surface area (Å²) in [5.74, 6) is -4.01. The highest BCUT2D eigenvalue weighted by atomic mass is 16.7. The number of esters is 1. The van der Waals surface area contributed by atoms with Crippen LogP contribution in [-0.2, 0) is 33.2 Å². The molecule has 0 bridgehead atoms. The fourth-order valence-corrected chi connectivity index (χ4v) is 8.37. The number of hydrogen-bond donors (Lipinski definition) is 5. The van der Waals surface area contributed by atoms with Crippen LogP contribution in [0.25, 0.3) is 0 Å². The van der Waals surface area contributed by atoms with Crippen molar-refractivity contribution in [3.63, 3.8) is 0 Å². The fraction of sp³-hybridized carbons (Fsp3) is 0.946. The predicted octanol–water partition coefficient (Wildman–Crippen LogP) is 2.93. The Hall–Kier alpha value is -1.46. The molecule has 0 aliphatic carbocycles. The summed E-state index contributed by atoms with van der Waals surface area (Å²) in [4.78, 5) is 15.9. The average molecular weight is 733 g/mol. The van der Waals surface area contributed by atoms with E-state index in [9.17, 15) is 30.4 Å². The summed E-state index contributed by atoms with van der Waals surface area (Å²) >= 11 is 0. The van der Waals surface area contributed by atoms with Crippen molar-refractivity contribution in [1.29, 1.82) is 0 Å². The first-order valence-electron chi connectivity index (χ1n) is 18.5. The van der Waals surface area contributed by atoms with Crippen LogP contribution in [0.3, 0.4) is 0 Å². The molecule has 0 aromatic carbocycles. The van der Waals surface area contributed by atoms with Crippen LogP contribution in [0, 0.1) is 29.6 Å². The van der Waals surface area contributed by atoms with Gasteiger partial charge >= 0.3 is 5.97 Å². The van der Waals surface area contributed by atoms with Gasteiger partial charge in [-0.1, -0.05) is 32.9 Å². The van der Waals surface area contributed by atoms with Gasteiger partial charge in [-0.3, -0.25) is 4.79 Å². The lowest BCUT2D eigenvalue weighted by molar-refractivity contribution is -0.313. The van der Waals surface area contributed by atoms with Crippen LogP contribution >= 0.6 is 0 Å². The summed E-state index contributed by atoms with van der Waals surface area (Å²) in [6.45, 7) is 19.1. The van der Waals surface area contributed by atoms with Gasteiger partial charge in [0.05, 0.1) is 53.4 Å². The topological polar surface area (TPSA) is 189 Å². The molecular weight excluding hydrogens is 664 g/mol. The number of hydrogen-bond acceptors (Lipinski definition) is 14. The molecule has 3 aliphatic rings. The Kier molecular flexibility index (Phi) is 14.6. The molecule has 0 radical (unpaired) electrons. The fourth-order valence-electron chi connectivity index (χ4n) is 8.37. The number of nitrogens with zero attached hydrogens (tertiary/aromatic N) is 2. The Bertz CT molecular complexity index is 1180. The van der Waals surface area contributed by atoms with Gasteiger partial charge in [-0.15, -0.1) is 0 Å². The number of cyclic esters (lactones) is 1. The molecule has 0 saturated carbocycles. The van der Waals surface area contributed by atoms with Gasteiger partial charge in [0, 0.05) is 43.2 Å². The second-order valence-corrected chi connectivity index (χ2v) is 16.7. The van der Waals surface area contributed by atoms with E-state index in [-0.39, 0.29) is 36.3 Å². The maximum Gasteiger partial charge on any atom is 0.311 e. The summed E-state index contributed by atoms with van der Waals surface area (Å²) in [6.07, 6.45) is -7.56. The molecule has 5 N–H and O–H groups in total. The van der Waals surface area contributed by atoms with Crippen molar-refractivity contribution in [1.82, 2.24) is 4.90 Å². The van der Waals surface area contributed by atoms with Crippen LogP contribution in [-0.4, -0.2) is 142 Å². The first-order chi connectivity index (χ1) is 23.4. The molecule has 3 saturated heterocycles. The number of oxime groups is 1. The molecule has 3 fully saturated rings. The zero-order chi connectivity index (χ0) is 39.0. The molecule has 8 unspecified atom stereocenters. The van der Waals surface area contributed by atoms with E-state index < -0.39 is 89.5 Å². The monoisotopic (exact) mass is 732 g/mol. The minimum atomic E-state index is -1.95. The second kappa shape index (κ2) is 16.9. The number of rotatable bonds is 6. The number of carbonyl (C=O) groups excluding carboxylic acids is 1. The highest BCUT2D eigenvalue weighted by molar-refractivity contribution is 5.88. The smallest absolute Gasteiger partial charge is 0.311 e. The van der Waals surface area contributed by atoms with E-state index >= 15 is 0 Å². The zero-order valence-electron chi connectivity index (χ0n) is 33.3. The highest BCUT2D eigenvalue weighted by Gasteiger charge is 2.52. The van der Waals surface area contributed by atoms with Gasteiger partial charge in [-0.05, 0) is 75.4 Å². The normalized spacial score (nSPS) is 50.5. The number of methoxy groups -OCH3 is 1. The van der Waals surface area contributed by atoms with Crippen LogP contribution in [0.15, 0.2) is 5.16 Å². The molecule has 3 rings (SSSR count). The predicted molar refractivity (Wildman–Crippen MR) is 189 cm³/mol. The van der Waals surface area contributed by atoms with Crippen LogP contribution in [0.4, 0.5) is 0 Å². The number of carbonyl (C=O) groups is 1. The minimum Gasteiger partial charge on any atom is -0.459 e. The third kappa shape index (κ3) is 9.44. The van der Waals surface area contributed by atoms with Gasteiger partial charge in [-0.2, -0.15) is 0 Å². The number of likely N-dealkylation sites (N-methyl/N-ethyl adjacent to an activating group) is 1. The molecular formula is C37H68N2O12. The first-order valence-corrected chi connectivity index (χ1v) is 18.5. The number of aliphatic hydroxyl groups excluding tert-OH is 2. The van der Waals surface area contributed by atoms with Crippen LogP contribution in [0.1, 0.15) is 95.4 Å². The molecule has 298 valence electrons. The highest BCUT2D eigenvalue weighted by Crippen LogP contribution is 2.42. The van der Waals surface area contributed by atoms with Gasteiger partial charge in [-0.25, -0.2) is 0 Å². The van der Waals surface area contributed by atoms with Crippen LogP contribution in [0.5, 0.6) is 0 Å².